The first-order chi connectivity index (χ1) is 12.6. The summed E-state index contributed by atoms with van der Waals surface area (Å²) in [6.07, 6.45) is 0. The number of ether oxygens (including phenoxy) is 1. The molecule has 0 spiro atoms. The summed E-state index contributed by atoms with van der Waals surface area (Å²) in [6, 6.07) is 13.4. The minimum atomic E-state index is -0.709. The van der Waals surface area contributed by atoms with Crippen molar-refractivity contribution in [2.24, 2.45) is 0 Å². The Balaban J connectivity index is 1.81. The van der Waals surface area contributed by atoms with Gasteiger partial charge in [-0.1, -0.05) is 24.3 Å². The van der Waals surface area contributed by atoms with Gasteiger partial charge in [-0.05, 0) is 18.2 Å². The minimum Gasteiger partial charge on any atom is -0.480 e. The van der Waals surface area contributed by atoms with Crippen molar-refractivity contribution < 1.29 is 18.3 Å². The highest BCUT2D eigenvalue weighted by molar-refractivity contribution is 6.00. The van der Waals surface area contributed by atoms with Gasteiger partial charge in [-0.3, -0.25) is 4.79 Å². The number of benzene rings is 2. The lowest BCUT2D eigenvalue weighted by molar-refractivity contribution is 0.0951. The van der Waals surface area contributed by atoms with Crippen molar-refractivity contribution in [3.63, 3.8) is 0 Å². The van der Waals surface area contributed by atoms with E-state index in [2.05, 4.69) is 15.5 Å². The summed E-state index contributed by atoms with van der Waals surface area (Å²) in [7, 11) is 1.49. The fourth-order valence-corrected chi connectivity index (χ4v) is 2.41. The van der Waals surface area contributed by atoms with Crippen LogP contribution in [0.5, 0.6) is 5.88 Å². The number of halogens is 2. The molecule has 0 aliphatic rings. The Bertz CT molecular complexity index is 930. The number of carbonyl (C=O) groups excluding carboxylic acids is 1. The summed E-state index contributed by atoms with van der Waals surface area (Å²) in [5.74, 6) is -1.41. The number of carbonyl (C=O) groups is 1. The predicted octanol–water partition coefficient (Wildman–Crippen LogP) is 3.36. The third kappa shape index (κ3) is 3.83. The van der Waals surface area contributed by atoms with Crippen LogP contribution in [0.3, 0.4) is 0 Å². The number of rotatable bonds is 5. The molecule has 2 aromatic carbocycles. The third-order valence-corrected chi connectivity index (χ3v) is 3.75. The molecule has 0 bridgehead atoms. The average Bonchev–Trinajstić information content (AvgIpc) is 2.67. The summed E-state index contributed by atoms with van der Waals surface area (Å²) in [4.78, 5) is 12.5. The van der Waals surface area contributed by atoms with Gasteiger partial charge in [0.25, 0.3) is 5.91 Å². The van der Waals surface area contributed by atoms with E-state index in [-0.39, 0.29) is 12.1 Å². The molecule has 0 radical (unpaired) electrons. The Morgan fingerprint density at radius 2 is 1.88 bits per heavy atom. The Morgan fingerprint density at radius 3 is 2.58 bits per heavy atom. The molecule has 0 saturated carbocycles. The van der Waals surface area contributed by atoms with Gasteiger partial charge in [0.05, 0.1) is 12.8 Å². The van der Waals surface area contributed by atoms with E-state index in [1.807, 2.05) is 0 Å². The van der Waals surface area contributed by atoms with Crippen molar-refractivity contribution in [1.29, 1.82) is 0 Å². The van der Waals surface area contributed by atoms with E-state index in [1.165, 1.54) is 13.2 Å². The van der Waals surface area contributed by atoms with Gasteiger partial charge in [-0.2, -0.15) is 0 Å². The number of methoxy groups -OCH3 is 1. The van der Waals surface area contributed by atoms with Gasteiger partial charge >= 0.3 is 0 Å². The average molecular weight is 355 g/mol. The van der Waals surface area contributed by atoms with E-state index in [4.69, 9.17) is 4.74 Å². The molecule has 132 valence electrons. The molecule has 7 heteroatoms. The lowest BCUT2D eigenvalue weighted by Gasteiger charge is -2.10. The molecule has 1 heterocycles. The summed E-state index contributed by atoms with van der Waals surface area (Å²) in [5.41, 5.74) is 1.65. The number of aromatic nitrogens is 2. The lowest BCUT2D eigenvalue weighted by Crippen LogP contribution is -2.24. The molecule has 0 aliphatic heterocycles. The minimum absolute atomic E-state index is 0.0619. The van der Waals surface area contributed by atoms with Gasteiger partial charge in [0.1, 0.15) is 11.6 Å². The fourth-order valence-electron chi connectivity index (χ4n) is 2.41. The molecule has 0 fully saturated rings. The Labute approximate surface area is 148 Å². The topological polar surface area (TPSA) is 64.1 Å². The van der Waals surface area contributed by atoms with E-state index in [9.17, 15) is 13.6 Å². The largest absolute Gasteiger partial charge is 0.480 e. The maximum Gasteiger partial charge on any atom is 0.252 e. The van der Waals surface area contributed by atoms with Crippen molar-refractivity contribution in [2.45, 2.75) is 6.54 Å². The Hall–Kier alpha value is -3.35. The van der Waals surface area contributed by atoms with Crippen LogP contribution in [0.2, 0.25) is 0 Å². The molecule has 1 aromatic heterocycles. The second-order valence-corrected chi connectivity index (χ2v) is 5.42. The van der Waals surface area contributed by atoms with Crippen LogP contribution in [0.1, 0.15) is 15.9 Å². The van der Waals surface area contributed by atoms with Crippen molar-refractivity contribution in [1.82, 2.24) is 15.5 Å². The second kappa shape index (κ2) is 7.69. The van der Waals surface area contributed by atoms with Gasteiger partial charge in [0.15, 0.2) is 0 Å². The van der Waals surface area contributed by atoms with Gasteiger partial charge < -0.3 is 10.1 Å². The quantitative estimate of drug-likeness (QED) is 0.762. The molecule has 0 saturated heterocycles. The molecule has 5 nitrogen and oxygen atoms in total. The van der Waals surface area contributed by atoms with E-state index >= 15 is 0 Å². The van der Waals surface area contributed by atoms with Crippen LogP contribution in [0, 0.1) is 11.6 Å². The molecule has 0 unspecified atom stereocenters. The standard InChI is InChI=1S/C19H15F2N3O2/c1-26-18-9-8-17(23-24-18)14-4-2-3-5-15(14)19(25)22-11-12-6-7-13(20)10-16(12)21/h2-10H,11H2,1H3,(H,22,25). The van der Waals surface area contributed by atoms with Gasteiger partial charge in [-0.15, -0.1) is 10.2 Å². The van der Waals surface area contributed by atoms with Crippen LogP contribution in [0.25, 0.3) is 11.3 Å². The molecule has 3 aromatic rings. The third-order valence-electron chi connectivity index (χ3n) is 3.75. The van der Waals surface area contributed by atoms with Gasteiger partial charge in [0.2, 0.25) is 5.88 Å². The highest BCUT2D eigenvalue weighted by Crippen LogP contribution is 2.22. The highest BCUT2D eigenvalue weighted by atomic mass is 19.1. The number of amides is 1. The fraction of sp³-hybridized carbons (Fsp3) is 0.105. The molecule has 0 aliphatic carbocycles. The number of hydrogen-bond acceptors (Lipinski definition) is 4. The molecule has 1 N–H and O–H groups in total. The Morgan fingerprint density at radius 1 is 1.08 bits per heavy atom. The second-order valence-electron chi connectivity index (χ2n) is 5.42. The first-order valence-electron chi connectivity index (χ1n) is 7.77. The molecule has 1 amide bonds. The molecule has 0 atom stereocenters. The maximum atomic E-state index is 13.7. The van der Waals surface area contributed by atoms with Crippen molar-refractivity contribution in [2.75, 3.05) is 7.11 Å². The van der Waals surface area contributed by atoms with Crippen molar-refractivity contribution >= 4 is 5.91 Å². The zero-order chi connectivity index (χ0) is 18.5. The Kier molecular flexibility index (Phi) is 5.17. The lowest BCUT2D eigenvalue weighted by atomic mass is 10.0. The van der Waals surface area contributed by atoms with Crippen LogP contribution in [-0.2, 0) is 6.54 Å². The molecule has 26 heavy (non-hydrogen) atoms. The molecular weight excluding hydrogens is 340 g/mol. The normalized spacial score (nSPS) is 10.4. The number of nitrogens with zero attached hydrogens (tertiary/aromatic N) is 2. The van der Waals surface area contributed by atoms with Crippen molar-refractivity contribution in [3.05, 3.63) is 77.4 Å². The van der Waals surface area contributed by atoms with Crippen LogP contribution in [-0.4, -0.2) is 23.2 Å². The highest BCUT2D eigenvalue weighted by Gasteiger charge is 2.14. The smallest absolute Gasteiger partial charge is 0.252 e. The maximum absolute atomic E-state index is 13.7. The van der Waals surface area contributed by atoms with E-state index in [0.29, 0.717) is 22.7 Å². The number of hydrogen-bond donors (Lipinski definition) is 1. The van der Waals surface area contributed by atoms with Gasteiger partial charge in [-0.25, -0.2) is 8.78 Å². The summed E-state index contributed by atoms with van der Waals surface area (Å²) >= 11 is 0. The van der Waals surface area contributed by atoms with Crippen LogP contribution in [0.15, 0.2) is 54.6 Å². The van der Waals surface area contributed by atoms with Crippen LogP contribution >= 0.6 is 0 Å². The summed E-state index contributed by atoms with van der Waals surface area (Å²) in [6.45, 7) is -0.0619. The molecule has 3 rings (SSSR count). The van der Waals surface area contributed by atoms with E-state index in [0.717, 1.165) is 12.1 Å². The summed E-state index contributed by atoms with van der Waals surface area (Å²) in [5, 5.41) is 10.6. The van der Waals surface area contributed by atoms with Crippen molar-refractivity contribution in [3.8, 4) is 17.1 Å². The summed E-state index contributed by atoms with van der Waals surface area (Å²) < 4.78 is 31.6. The first kappa shape index (κ1) is 17.5. The SMILES string of the molecule is COc1ccc(-c2ccccc2C(=O)NCc2ccc(F)cc2F)nn1. The zero-order valence-electron chi connectivity index (χ0n) is 13.9. The van der Waals surface area contributed by atoms with E-state index < -0.39 is 17.5 Å². The number of nitrogens with one attached hydrogen (secondary N) is 1. The molecular formula is C19H15F2N3O2. The van der Waals surface area contributed by atoms with Gasteiger partial charge in [0, 0.05) is 35.4 Å². The van der Waals surface area contributed by atoms with Crippen LogP contribution in [0.4, 0.5) is 8.78 Å². The first-order valence-corrected chi connectivity index (χ1v) is 7.77. The monoisotopic (exact) mass is 355 g/mol. The predicted molar refractivity (Wildman–Crippen MR) is 91.5 cm³/mol. The van der Waals surface area contributed by atoms with E-state index in [1.54, 1.807) is 36.4 Å². The zero-order valence-corrected chi connectivity index (χ0v) is 13.9. The van der Waals surface area contributed by atoms with Crippen LogP contribution < -0.4 is 10.1 Å².